The van der Waals surface area contributed by atoms with Crippen LogP contribution in [0.15, 0.2) is 65.4 Å². The van der Waals surface area contributed by atoms with Gasteiger partial charge in [0.1, 0.15) is 0 Å². The maximum absolute atomic E-state index is 13.4. The van der Waals surface area contributed by atoms with Crippen molar-refractivity contribution in [3.05, 3.63) is 71.6 Å². The third-order valence-electron chi connectivity index (χ3n) is 6.06. The van der Waals surface area contributed by atoms with E-state index in [1.165, 1.54) is 23.5 Å². The molecule has 2 aromatic rings. The number of anilines is 1. The molecule has 1 fully saturated rings. The Labute approximate surface area is 218 Å². The molecule has 1 aliphatic rings. The van der Waals surface area contributed by atoms with E-state index in [2.05, 4.69) is 17.4 Å². The number of hydrogen-bond donors (Lipinski definition) is 1. The summed E-state index contributed by atoms with van der Waals surface area (Å²) in [5.74, 6) is -0.198. The van der Waals surface area contributed by atoms with E-state index < -0.39 is 26.1 Å². The van der Waals surface area contributed by atoms with Crippen LogP contribution in [0.5, 0.6) is 0 Å². The van der Waals surface area contributed by atoms with Crippen molar-refractivity contribution < 1.29 is 26.4 Å². The third-order valence-corrected chi connectivity index (χ3v) is 9.04. The molecule has 0 spiro atoms. The highest BCUT2D eigenvalue weighted by atomic mass is 32.2. The van der Waals surface area contributed by atoms with E-state index in [1.54, 1.807) is 41.3 Å². The summed E-state index contributed by atoms with van der Waals surface area (Å²) < 4.78 is 58.9. The highest BCUT2D eigenvalue weighted by Gasteiger charge is 2.35. The number of hydrogen-bond acceptors (Lipinski definition) is 7. The number of carbonyl (C=O) groups is 1. The zero-order chi connectivity index (χ0) is 27.1. The first-order chi connectivity index (χ1) is 17.6. The second-order valence-corrected chi connectivity index (χ2v) is 12.1. The van der Waals surface area contributed by atoms with Gasteiger partial charge in [-0.2, -0.15) is 9.57 Å². The summed E-state index contributed by atoms with van der Waals surface area (Å²) in [6.07, 6.45) is 1.29. The number of methoxy groups -OCH3 is 1. The van der Waals surface area contributed by atoms with Gasteiger partial charge in [-0.25, -0.2) is 21.6 Å². The van der Waals surface area contributed by atoms with Gasteiger partial charge < -0.3 is 9.64 Å². The molecule has 1 heterocycles. The van der Waals surface area contributed by atoms with Crippen molar-refractivity contribution in [1.29, 1.82) is 5.26 Å². The summed E-state index contributed by atoms with van der Waals surface area (Å²) in [5, 5.41) is 9.81. The smallest absolute Gasteiger partial charge is 0.243 e. The van der Waals surface area contributed by atoms with Crippen molar-refractivity contribution in [2.45, 2.75) is 36.7 Å². The van der Waals surface area contributed by atoms with Crippen LogP contribution in [0.2, 0.25) is 0 Å². The van der Waals surface area contributed by atoms with Crippen LogP contribution in [0.25, 0.3) is 0 Å². The number of amides is 1. The van der Waals surface area contributed by atoms with Gasteiger partial charge in [0.25, 0.3) is 0 Å². The molecule has 37 heavy (non-hydrogen) atoms. The summed E-state index contributed by atoms with van der Waals surface area (Å²) in [6, 6.07) is 14.5. The topological polar surface area (TPSA) is 137 Å². The Bertz CT molecular complexity index is 1350. The molecule has 1 amide bonds. The molecule has 1 aliphatic heterocycles. The second kappa shape index (κ2) is 12.4. The van der Waals surface area contributed by atoms with E-state index in [9.17, 15) is 21.6 Å². The van der Waals surface area contributed by atoms with Crippen molar-refractivity contribution >= 4 is 31.6 Å². The van der Waals surface area contributed by atoms with E-state index in [0.717, 1.165) is 11.0 Å². The van der Waals surface area contributed by atoms with Gasteiger partial charge in [0, 0.05) is 37.3 Å². The predicted octanol–water partition coefficient (Wildman–Crippen LogP) is 2.34. The monoisotopic (exact) mass is 546 g/mol. The van der Waals surface area contributed by atoms with Crippen molar-refractivity contribution in [1.82, 2.24) is 9.03 Å². The molecule has 198 valence electrons. The molecular formula is C25H30N4O6S2. The molecule has 1 saturated heterocycles. The Morgan fingerprint density at radius 3 is 2.46 bits per heavy atom. The first kappa shape index (κ1) is 28.5. The highest BCUT2D eigenvalue weighted by Crippen LogP contribution is 2.28. The molecule has 1 atom stereocenters. The summed E-state index contributed by atoms with van der Waals surface area (Å²) in [6.45, 7) is 3.96. The standard InChI is InChI=1S/C25H30N4O6S2/c1-3-36(31,32)27-18-23-5-4-15-29(23)37(33,34)24-12-10-22(11-13-24)28(25(30)14-16-35-2)19-21-8-6-20(17-26)7-9-21/h3,6-13,23,27H,1,4-5,14-16,18-19H2,2H3/t23-/m1/s1. The zero-order valence-electron chi connectivity index (χ0n) is 20.5. The molecule has 0 aliphatic carbocycles. The number of benzene rings is 2. The molecule has 3 rings (SSSR count). The maximum atomic E-state index is 13.4. The van der Waals surface area contributed by atoms with Crippen LogP contribution in [0.3, 0.4) is 0 Å². The minimum Gasteiger partial charge on any atom is -0.384 e. The maximum Gasteiger partial charge on any atom is 0.243 e. The highest BCUT2D eigenvalue weighted by molar-refractivity contribution is 7.92. The number of rotatable bonds is 12. The lowest BCUT2D eigenvalue weighted by atomic mass is 10.1. The fraction of sp³-hybridized carbons (Fsp3) is 0.360. The Morgan fingerprint density at radius 1 is 1.19 bits per heavy atom. The molecule has 12 heteroatoms. The van der Waals surface area contributed by atoms with E-state index >= 15 is 0 Å². The van der Waals surface area contributed by atoms with Crippen LogP contribution in [-0.4, -0.2) is 59.9 Å². The molecule has 0 unspecified atom stereocenters. The fourth-order valence-electron chi connectivity index (χ4n) is 4.05. The number of nitrogens with zero attached hydrogens (tertiary/aromatic N) is 3. The number of carbonyl (C=O) groups excluding carboxylic acids is 1. The molecule has 1 N–H and O–H groups in total. The minimum atomic E-state index is -3.89. The fourth-order valence-corrected chi connectivity index (χ4v) is 6.28. The Hall–Kier alpha value is -3.08. The molecule has 2 aromatic carbocycles. The largest absolute Gasteiger partial charge is 0.384 e. The number of sulfonamides is 2. The molecule has 0 saturated carbocycles. The van der Waals surface area contributed by atoms with Crippen LogP contribution in [0.4, 0.5) is 5.69 Å². The summed E-state index contributed by atoms with van der Waals surface area (Å²) >= 11 is 0. The van der Waals surface area contributed by atoms with Gasteiger partial charge in [0.15, 0.2) is 0 Å². The Morgan fingerprint density at radius 2 is 1.86 bits per heavy atom. The van der Waals surface area contributed by atoms with E-state index in [1.807, 2.05) is 0 Å². The minimum absolute atomic E-state index is 0.0436. The van der Waals surface area contributed by atoms with Gasteiger partial charge in [-0.05, 0) is 54.8 Å². The SMILES string of the molecule is C=CS(=O)(=O)NC[C@H]1CCCN1S(=O)(=O)c1ccc(N(Cc2ccc(C#N)cc2)C(=O)CCOC)cc1. The van der Waals surface area contributed by atoms with Crippen molar-refractivity contribution in [3.63, 3.8) is 0 Å². The summed E-state index contributed by atoms with van der Waals surface area (Å²) in [7, 11) is -6.05. The Balaban J connectivity index is 1.82. The molecule has 0 aromatic heterocycles. The first-order valence-corrected chi connectivity index (χ1v) is 14.6. The van der Waals surface area contributed by atoms with Crippen LogP contribution in [0, 0.1) is 11.3 Å². The lowest BCUT2D eigenvalue weighted by Crippen LogP contribution is -2.42. The van der Waals surface area contributed by atoms with E-state index in [-0.39, 0.29) is 43.5 Å². The normalized spacial score (nSPS) is 16.3. The quantitative estimate of drug-likeness (QED) is 0.431. The van der Waals surface area contributed by atoms with Crippen LogP contribution in [0.1, 0.15) is 30.4 Å². The van der Waals surface area contributed by atoms with Gasteiger partial charge in [-0.3, -0.25) is 4.79 Å². The third kappa shape index (κ3) is 7.24. The summed E-state index contributed by atoms with van der Waals surface area (Å²) in [4.78, 5) is 14.5. The van der Waals surface area contributed by atoms with Crippen molar-refractivity contribution in [2.75, 3.05) is 31.7 Å². The number of ether oxygens (including phenoxy) is 1. The number of nitrogens with one attached hydrogen (secondary N) is 1. The average Bonchev–Trinajstić information content (AvgIpc) is 3.39. The Kier molecular flexibility index (Phi) is 9.58. The molecule has 0 radical (unpaired) electrons. The van der Waals surface area contributed by atoms with Crippen LogP contribution in [-0.2, 0) is 36.1 Å². The van der Waals surface area contributed by atoms with Crippen molar-refractivity contribution in [3.8, 4) is 6.07 Å². The van der Waals surface area contributed by atoms with Gasteiger partial charge in [0.05, 0.1) is 36.1 Å². The lowest BCUT2D eigenvalue weighted by Gasteiger charge is -2.25. The molecule has 10 nitrogen and oxygen atoms in total. The van der Waals surface area contributed by atoms with Gasteiger partial charge >= 0.3 is 0 Å². The number of nitriles is 1. The van der Waals surface area contributed by atoms with Gasteiger partial charge in [-0.15, -0.1) is 0 Å². The predicted molar refractivity (Wildman–Crippen MR) is 139 cm³/mol. The first-order valence-electron chi connectivity index (χ1n) is 11.6. The van der Waals surface area contributed by atoms with Crippen LogP contribution < -0.4 is 9.62 Å². The van der Waals surface area contributed by atoms with Crippen molar-refractivity contribution in [2.24, 2.45) is 0 Å². The lowest BCUT2D eigenvalue weighted by molar-refractivity contribution is -0.119. The van der Waals surface area contributed by atoms with Gasteiger partial charge in [-0.1, -0.05) is 18.7 Å². The molecule has 0 bridgehead atoms. The average molecular weight is 547 g/mol. The van der Waals surface area contributed by atoms with E-state index in [0.29, 0.717) is 24.1 Å². The summed E-state index contributed by atoms with van der Waals surface area (Å²) in [5.41, 5.74) is 1.83. The zero-order valence-corrected chi connectivity index (χ0v) is 22.2. The second-order valence-electron chi connectivity index (χ2n) is 8.50. The van der Waals surface area contributed by atoms with Crippen LogP contribution >= 0.6 is 0 Å². The molecular weight excluding hydrogens is 516 g/mol. The van der Waals surface area contributed by atoms with Gasteiger partial charge in [0.2, 0.25) is 26.0 Å². The van der Waals surface area contributed by atoms with E-state index in [4.69, 9.17) is 10.00 Å².